The van der Waals surface area contributed by atoms with Gasteiger partial charge in [-0.2, -0.15) is 5.10 Å². The number of ether oxygens (including phenoxy) is 1. The lowest BCUT2D eigenvalue weighted by Crippen LogP contribution is -2.45. The van der Waals surface area contributed by atoms with Crippen LogP contribution in [0, 0.1) is 0 Å². The fourth-order valence-electron chi connectivity index (χ4n) is 3.21. The van der Waals surface area contributed by atoms with E-state index in [9.17, 15) is 4.79 Å². The minimum absolute atomic E-state index is 0.0472. The highest BCUT2D eigenvalue weighted by Gasteiger charge is 2.26. The molecule has 0 bridgehead atoms. The van der Waals surface area contributed by atoms with Crippen molar-refractivity contribution in [2.75, 3.05) is 32.1 Å². The van der Waals surface area contributed by atoms with Crippen LogP contribution in [-0.2, 0) is 7.05 Å². The van der Waals surface area contributed by atoms with Crippen molar-refractivity contribution >= 4 is 11.6 Å². The van der Waals surface area contributed by atoms with E-state index in [0.717, 1.165) is 31.7 Å². The molecule has 2 heterocycles. The first-order valence-electron chi connectivity index (χ1n) is 8.23. The number of nitrogens with zero attached hydrogens (tertiary/aromatic N) is 4. The standard InChI is InChI=1S/C18H24N4O2/c1-20-13-14(12-19-20)18(23)21(2)15-8-10-22(11-9-15)16-4-6-17(24-3)7-5-16/h4-7,12-13,15H,8-11H2,1-3H3. The minimum Gasteiger partial charge on any atom is -0.497 e. The van der Waals surface area contributed by atoms with E-state index in [0.29, 0.717) is 5.56 Å². The van der Waals surface area contributed by atoms with Crippen LogP contribution in [0.4, 0.5) is 5.69 Å². The quantitative estimate of drug-likeness (QED) is 0.863. The first-order chi connectivity index (χ1) is 11.6. The lowest BCUT2D eigenvalue weighted by molar-refractivity contribution is 0.0709. The second-order valence-corrected chi connectivity index (χ2v) is 6.23. The Balaban J connectivity index is 1.58. The molecular weight excluding hydrogens is 304 g/mol. The zero-order valence-corrected chi connectivity index (χ0v) is 14.5. The summed E-state index contributed by atoms with van der Waals surface area (Å²) in [5.74, 6) is 0.918. The van der Waals surface area contributed by atoms with Gasteiger partial charge in [-0.25, -0.2) is 0 Å². The van der Waals surface area contributed by atoms with Gasteiger partial charge in [-0.05, 0) is 37.1 Å². The second-order valence-electron chi connectivity index (χ2n) is 6.23. The molecule has 0 unspecified atom stereocenters. The van der Waals surface area contributed by atoms with Crippen LogP contribution >= 0.6 is 0 Å². The molecule has 1 aromatic heterocycles. The molecule has 0 N–H and O–H groups in total. The van der Waals surface area contributed by atoms with E-state index < -0.39 is 0 Å². The summed E-state index contributed by atoms with van der Waals surface area (Å²) in [4.78, 5) is 16.7. The molecule has 1 saturated heterocycles. The maximum absolute atomic E-state index is 12.5. The number of anilines is 1. The molecule has 0 aliphatic carbocycles. The normalized spacial score (nSPS) is 15.4. The van der Waals surface area contributed by atoms with Gasteiger partial charge < -0.3 is 14.5 Å². The number of hydrogen-bond donors (Lipinski definition) is 0. The van der Waals surface area contributed by atoms with E-state index in [1.165, 1.54) is 5.69 Å². The van der Waals surface area contributed by atoms with Crippen molar-refractivity contribution in [3.8, 4) is 5.75 Å². The predicted molar refractivity (Wildman–Crippen MR) is 93.5 cm³/mol. The van der Waals surface area contributed by atoms with Crippen molar-refractivity contribution in [2.45, 2.75) is 18.9 Å². The van der Waals surface area contributed by atoms with Gasteiger partial charge in [0, 0.05) is 45.1 Å². The Bertz CT molecular complexity index is 687. The monoisotopic (exact) mass is 328 g/mol. The first-order valence-corrected chi connectivity index (χ1v) is 8.23. The zero-order valence-electron chi connectivity index (χ0n) is 14.5. The Morgan fingerprint density at radius 1 is 1.25 bits per heavy atom. The summed E-state index contributed by atoms with van der Waals surface area (Å²) in [6, 6.07) is 8.42. The predicted octanol–water partition coefficient (Wildman–Crippen LogP) is 2.17. The van der Waals surface area contributed by atoms with E-state index in [1.54, 1.807) is 24.2 Å². The van der Waals surface area contributed by atoms with Crippen molar-refractivity contribution in [2.24, 2.45) is 7.05 Å². The highest BCUT2D eigenvalue weighted by Crippen LogP contribution is 2.24. The molecule has 1 aliphatic rings. The van der Waals surface area contributed by atoms with Crippen LogP contribution in [0.5, 0.6) is 5.75 Å². The number of aryl methyl sites for hydroxylation is 1. The largest absolute Gasteiger partial charge is 0.497 e. The van der Waals surface area contributed by atoms with Crippen LogP contribution in [0.1, 0.15) is 23.2 Å². The van der Waals surface area contributed by atoms with Gasteiger partial charge in [-0.15, -0.1) is 0 Å². The number of aromatic nitrogens is 2. The average molecular weight is 328 g/mol. The van der Waals surface area contributed by atoms with Crippen molar-refractivity contribution in [1.29, 1.82) is 0 Å². The van der Waals surface area contributed by atoms with E-state index in [-0.39, 0.29) is 11.9 Å². The molecule has 1 aromatic carbocycles. The van der Waals surface area contributed by atoms with Crippen LogP contribution in [-0.4, -0.2) is 53.9 Å². The number of rotatable bonds is 4. The van der Waals surface area contributed by atoms with Gasteiger partial charge in [0.1, 0.15) is 5.75 Å². The molecule has 1 amide bonds. The molecule has 2 aromatic rings. The van der Waals surface area contributed by atoms with Crippen LogP contribution < -0.4 is 9.64 Å². The SMILES string of the molecule is COc1ccc(N2CCC(N(C)C(=O)c3cnn(C)c3)CC2)cc1. The van der Waals surface area contributed by atoms with Crippen LogP contribution in [0.2, 0.25) is 0 Å². The third-order valence-electron chi connectivity index (χ3n) is 4.72. The summed E-state index contributed by atoms with van der Waals surface area (Å²) in [6.45, 7) is 1.89. The van der Waals surface area contributed by atoms with E-state index in [1.807, 2.05) is 31.1 Å². The Kier molecular flexibility index (Phi) is 4.74. The van der Waals surface area contributed by atoms with Gasteiger partial charge in [0.2, 0.25) is 0 Å². The molecule has 24 heavy (non-hydrogen) atoms. The number of amides is 1. The summed E-state index contributed by atoms with van der Waals surface area (Å²) in [7, 11) is 5.39. The van der Waals surface area contributed by atoms with Gasteiger partial charge in [0.05, 0.1) is 18.9 Å². The van der Waals surface area contributed by atoms with E-state index in [2.05, 4.69) is 22.1 Å². The van der Waals surface area contributed by atoms with Gasteiger partial charge >= 0.3 is 0 Å². The molecule has 3 rings (SSSR count). The molecule has 0 spiro atoms. The molecule has 1 aliphatic heterocycles. The Morgan fingerprint density at radius 2 is 1.92 bits per heavy atom. The lowest BCUT2D eigenvalue weighted by Gasteiger charge is -2.37. The maximum Gasteiger partial charge on any atom is 0.257 e. The van der Waals surface area contributed by atoms with Crippen LogP contribution in [0.3, 0.4) is 0 Å². The molecule has 0 radical (unpaired) electrons. The molecule has 0 atom stereocenters. The fraction of sp³-hybridized carbons (Fsp3) is 0.444. The van der Waals surface area contributed by atoms with Crippen LogP contribution in [0.15, 0.2) is 36.7 Å². The number of piperidine rings is 1. The highest BCUT2D eigenvalue weighted by molar-refractivity contribution is 5.93. The summed E-state index contributed by atoms with van der Waals surface area (Å²) >= 11 is 0. The average Bonchev–Trinajstić information content (AvgIpc) is 3.07. The van der Waals surface area contributed by atoms with E-state index in [4.69, 9.17) is 4.74 Å². The van der Waals surface area contributed by atoms with Gasteiger partial charge in [0.25, 0.3) is 5.91 Å². The molecule has 128 valence electrons. The highest BCUT2D eigenvalue weighted by atomic mass is 16.5. The second kappa shape index (κ2) is 6.95. The summed E-state index contributed by atoms with van der Waals surface area (Å²) in [6.07, 6.45) is 5.33. The van der Waals surface area contributed by atoms with Gasteiger partial charge in [-0.1, -0.05) is 0 Å². The zero-order chi connectivity index (χ0) is 17.1. The third-order valence-corrected chi connectivity index (χ3v) is 4.72. The number of methoxy groups -OCH3 is 1. The van der Waals surface area contributed by atoms with Gasteiger partial charge in [-0.3, -0.25) is 9.48 Å². The van der Waals surface area contributed by atoms with Crippen LogP contribution in [0.25, 0.3) is 0 Å². The minimum atomic E-state index is 0.0472. The number of carbonyl (C=O) groups is 1. The molecule has 6 nitrogen and oxygen atoms in total. The van der Waals surface area contributed by atoms with E-state index >= 15 is 0 Å². The molecule has 1 fully saturated rings. The molecular formula is C18H24N4O2. The van der Waals surface area contributed by atoms with Crippen molar-refractivity contribution in [3.05, 3.63) is 42.2 Å². The summed E-state index contributed by atoms with van der Waals surface area (Å²) < 4.78 is 6.87. The number of hydrogen-bond acceptors (Lipinski definition) is 4. The Hall–Kier alpha value is -2.50. The fourth-order valence-corrected chi connectivity index (χ4v) is 3.21. The molecule has 6 heteroatoms. The van der Waals surface area contributed by atoms with Gasteiger partial charge in [0.15, 0.2) is 0 Å². The number of benzene rings is 1. The summed E-state index contributed by atoms with van der Waals surface area (Å²) in [5.41, 5.74) is 1.85. The third kappa shape index (κ3) is 3.37. The summed E-state index contributed by atoms with van der Waals surface area (Å²) in [5, 5.41) is 4.08. The first kappa shape index (κ1) is 16.4. The Labute approximate surface area is 142 Å². The number of carbonyl (C=O) groups excluding carboxylic acids is 1. The lowest BCUT2D eigenvalue weighted by atomic mass is 10.0. The topological polar surface area (TPSA) is 50.6 Å². The van der Waals surface area contributed by atoms with Crippen molar-refractivity contribution < 1.29 is 9.53 Å². The Morgan fingerprint density at radius 3 is 2.46 bits per heavy atom. The maximum atomic E-state index is 12.5. The van der Waals surface area contributed by atoms with Crippen molar-refractivity contribution in [3.63, 3.8) is 0 Å². The smallest absolute Gasteiger partial charge is 0.257 e. The molecule has 0 saturated carbocycles. The van der Waals surface area contributed by atoms with Crippen molar-refractivity contribution in [1.82, 2.24) is 14.7 Å².